The van der Waals surface area contributed by atoms with Crippen LogP contribution in [0.2, 0.25) is 0 Å². The molecule has 2 atom stereocenters. The summed E-state index contributed by atoms with van der Waals surface area (Å²) in [7, 11) is 0. The van der Waals surface area contributed by atoms with E-state index in [-0.39, 0.29) is 23.7 Å². The largest absolute Gasteiger partial charge is 0.347 e. The van der Waals surface area contributed by atoms with Gasteiger partial charge in [-0.1, -0.05) is 26.2 Å². The van der Waals surface area contributed by atoms with Gasteiger partial charge in [-0.05, 0) is 12.8 Å². The number of aromatic amines is 1. The number of aryl methyl sites for hydroxylation is 1. The molecule has 134 valence electrons. The molecule has 3 heterocycles. The Balaban J connectivity index is 1.72. The summed E-state index contributed by atoms with van der Waals surface area (Å²) >= 11 is 0. The molecular weight excluding hydrogens is 318 g/mol. The number of hydrogen-bond acceptors (Lipinski definition) is 4. The highest BCUT2D eigenvalue weighted by molar-refractivity contribution is 6.39. The summed E-state index contributed by atoms with van der Waals surface area (Å²) in [6.45, 7) is 3.44. The first-order chi connectivity index (χ1) is 12.2. The third-order valence-corrected chi connectivity index (χ3v) is 4.82. The lowest BCUT2D eigenvalue weighted by Crippen LogP contribution is -2.32. The molecule has 7 heteroatoms. The second-order valence-electron chi connectivity index (χ2n) is 6.54. The molecule has 1 amide bonds. The van der Waals surface area contributed by atoms with Crippen molar-refractivity contribution in [3.63, 3.8) is 0 Å². The number of Topliss-reactive ketones (excluding diaryl/α,β-unsaturated/α-hetero) is 1. The van der Waals surface area contributed by atoms with Crippen LogP contribution in [-0.2, 0) is 16.1 Å². The van der Waals surface area contributed by atoms with E-state index in [4.69, 9.17) is 0 Å². The fourth-order valence-corrected chi connectivity index (χ4v) is 3.55. The monoisotopic (exact) mass is 343 g/mol. The van der Waals surface area contributed by atoms with Gasteiger partial charge in [-0.25, -0.2) is 9.97 Å². The van der Waals surface area contributed by atoms with Gasteiger partial charge >= 0.3 is 0 Å². The van der Waals surface area contributed by atoms with E-state index >= 15 is 0 Å². The molecular formula is C18H25N5O2. The van der Waals surface area contributed by atoms with Crippen LogP contribution < -0.4 is 0 Å². The van der Waals surface area contributed by atoms with Crippen LogP contribution in [0.4, 0.5) is 0 Å². The van der Waals surface area contributed by atoms with Crippen molar-refractivity contribution in [1.29, 1.82) is 0 Å². The van der Waals surface area contributed by atoms with Gasteiger partial charge in [-0.15, -0.1) is 0 Å². The number of amides is 1. The number of carbonyl (C=O) groups excluding carboxylic acids is 2. The Morgan fingerprint density at radius 2 is 2.04 bits per heavy atom. The van der Waals surface area contributed by atoms with Crippen molar-refractivity contribution in [3.8, 4) is 0 Å². The van der Waals surface area contributed by atoms with Gasteiger partial charge in [0.1, 0.15) is 11.9 Å². The molecule has 25 heavy (non-hydrogen) atoms. The number of nitrogens with zero attached hydrogens (tertiary/aromatic N) is 4. The number of nitrogens with one attached hydrogen (secondary N) is 1. The highest BCUT2D eigenvalue weighted by atomic mass is 16.2. The topological polar surface area (TPSA) is 83.9 Å². The van der Waals surface area contributed by atoms with Gasteiger partial charge < -0.3 is 14.5 Å². The van der Waals surface area contributed by atoms with Crippen LogP contribution in [0, 0.1) is 5.92 Å². The van der Waals surface area contributed by atoms with E-state index < -0.39 is 0 Å². The molecule has 1 saturated heterocycles. The van der Waals surface area contributed by atoms with Gasteiger partial charge in [-0.3, -0.25) is 9.59 Å². The van der Waals surface area contributed by atoms with Crippen LogP contribution in [0.25, 0.3) is 0 Å². The number of aromatic nitrogens is 4. The zero-order chi connectivity index (χ0) is 17.6. The molecule has 0 spiro atoms. The van der Waals surface area contributed by atoms with E-state index in [2.05, 4.69) is 21.9 Å². The molecule has 0 saturated carbocycles. The minimum absolute atomic E-state index is 0.264. The van der Waals surface area contributed by atoms with Crippen LogP contribution in [0.3, 0.4) is 0 Å². The third-order valence-electron chi connectivity index (χ3n) is 4.82. The van der Waals surface area contributed by atoms with Gasteiger partial charge in [0.25, 0.3) is 5.91 Å². The molecule has 2 unspecified atom stereocenters. The van der Waals surface area contributed by atoms with Gasteiger partial charge in [0.05, 0.1) is 12.2 Å². The standard InChI is InChI=1S/C18H25N5O2/c1-2-3-4-6-14-15(17-20-7-8-21-17)23(18(25)16(14)24)11-5-10-22-12-9-19-13-22/h7-9,12-15H,2-6,10-11H2,1H3,(H,20,21). The Morgan fingerprint density at radius 3 is 2.72 bits per heavy atom. The molecule has 7 nitrogen and oxygen atoms in total. The first kappa shape index (κ1) is 17.4. The predicted octanol–water partition coefficient (Wildman–Crippen LogP) is 2.35. The van der Waals surface area contributed by atoms with Crippen LogP contribution in [-0.4, -0.2) is 42.7 Å². The quantitative estimate of drug-likeness (QED) is 0.559. The second kappa shape index (κ2) is 8.09. The number of likely N-dealkylation sites (tertiary alicyclic amines) is 1. The molecule has 0 aliphatic carbocycles. The maximum absolute atomic E-state index is 12.6. The van der Waals surface area contributed by atoms with Crippen molar-refractivity contribution in [3.05, 3.63) is 36.9 Å². The van der Waals surface area contributed by atoms with E-state index in [0.29, 0.717) is 12.4 Å². The lowest BCUT2D eigenvalue weighted by atomic mass is 9.92. The van der Waals surface area contributed by atoms with Gasteiger partial charge in [-0.2, -0.15) is 0 Å². The lowest BCUT2D eigenvalue weighted by Gasteiger charge is -2.25. The highest BCUT2D eigenvalue weighted by Crippen LogP contribution is 2.37. The Bertz CT molecular complexity index is 680. The van der Waals surface area contributed by atoms with Crippen molar-refractivity contribution < 1.29 is 9.59 Å². The zero-order valence-corrected chi connectivity index (χ0v) is 14.6. The molecule has 3 rings (SSSR count). The average molecular weight is 343 g/mol. The summed E-state index contributed by atoms with van der Waals surface area (Å²) in [6, 6.07) is -0.269. The molecule has 0 aromatic carbocycles. The molecule has 1 aliphatic heterocycles. The van der Waals surface area contributed by atoms with Crippen molar-refractivity contribution in [2.45, 2.75) is 51.6 Å². The van der Waals surface area contributed by atoms with Gasteiger partial charge in [0.15, 0.2) is 0 Å². The molecule has 1 fully saturated rings. The second-order valence-corrected chi connectivity index (χ2v) is 6.54. The maximum Gasteiger partial charge on any atom is 0.290 e. The normalized spacial score (nSPS) is 20.6. The smallest absolute Gasteiger partial charge is 0.290 e. The summed E-state index contributed by atoms with van der Waals surface area (Å²) in [5, 5.41) is 0. The number of H-pyrrole nitrogens is 1. The number of carbonyl (C=O) groups is 2. The number of ketones is 1. The van der Waals surface area contributed by atoms with Crippen LogP contribution in [0.1, 0.15) is 50.9 Å². The van der Waals surface area contributed by atoms with Crippen molar-refractivity contribution in [2.24, 2.45) is 5.92 Å². The lowest BCUT2D eigenvalue weighted by molar-refractivity contribution is -0.141. The third kappa shape index (κ3) is 3.81. The predicted molar refractivity (Wildman–Crippen MR) is 92.5 cm³/mol. The summed E-state index contributed by atoms with van der Waals surface area (Å²) in [6.07, 6.45) is 13.4. The Labute approximate surface area is 147 Å². The summed E-state index contributed by atoms with van der Waals surface area (Å²) < 4.78 is 1.98. The summed E-state index contributed by atoms with van der Waals surface area (Å²) in [5.41, 5.74) is 0. The maximum atomic E-state index is 12.6. The molecule has 1 aliphatic rings. The molecule has 1 N–H and O–H groups in total. The zero-order valence-electron chi connectivity index (χ0n) is 14.6. The van der Waals surface area contributed by atoms with E-state index in [1.807, 2.05) is 10.8 Å². The minimum atomic E-state index is -0.367. The van der Waals surface area contributed by atoms with E-state index in [9.17, 15) is 9.59 Å². The van der Waals surface area contributed by atoms with Crippen LogP contribution in [0.15, 0.2) is 31.1 Å². The molecule has 0 bridgehead atoms. The number of rotatable bonds is 9. The van der Waals surface area contributed by atoms with E-state index in [0.717, 1.165) is 38.6 Å². The highest BCUT2D eigenvalue weighted by Gasteiger charge is 2.48. The SMILES string of the molecule is CCCCCC1C(=O)C(=O)N(CCCn2ccnc2)C1c1ncc[nH]1. The average Bonchev–Trinajstić information content (AvgIpc) is 3.34. The van der Waals surface area contributed by atoms with Crippen molar-refractivity contribution >= 4 is 11.7 Å². The summed E-state index contributed by atoms with van der Waals surface area (Å²) in [4.78, 5) is 38.3. The van der Waals surface area contributed by atoms with Crippen molar-refractivity contribution in [2.75, 3.05) is 6.54 Å². The minimum Gasteiger partial charge on any atom is -0.347 e. The summed E-state index contributed by atoms with van der Waals surface area (Å²) in [5.74, 6) is -0.213. The molecule has 2 aromatic heterocycles. The van der Waals surface area contributed by atoms with Crippen molar-refractivity contribution in [1.82, 2.24) is 24.4 Å². The Hall–Kier alpha value is -2.44. The first-order valence-electron chi connectivity index (χ1n) is 9.02. The van der Waals surface area contributed by atoms with E-state index in [1.165, 1.54) is 0 Å². The Kier molecular flexibility index (Phi) is 5.63. The van der Waals surface area contributed by atoms with E-state index in [1.54, 1.807) is 29.8 Å². The number of unbranched alkanes of at least 4 members (excludes halogenated alkanes) is 2. The number of imidazole rings is 2. The van der Waals surface area contributed by atoms with Crippen LogP contribution in [0.5, 0.6) is 0 Å². The van der Waals surface area contributed by atoms with Gasteiger partial charge in [0, 0.05) is 37.9 Å². The van der Waals surface area contributed by atoms with Crippen LogP contribution >= 0.6 is 0 Å². The Morgan fingerprint density at radius 1 is 1.16 bits per heavy atom. The molecule has 0 radical (unpaired) electrons. The fraction of sp³-hybridized carbons (Fsp3) is 0.556. The molecule has 2 aromatic rings. The fourth-order valence-electron chi connectivity index (χ4n) is 3.55. The van der Waals surface area contributed by atoms with Gasteiger partial charge in [0.2, 0.25) is 5.78 Å². The first-order valence-corrected chi connectivity index (χ1v) is 9.02. The number of hydrogen-bond donors (Lipinski definition) is 1.